The first kappa shape index (κ1) is 21.3. The Kier molecular flexibility index (Phi) is 6.40. The van der Waals surface area contributed by atoms with Gasteiger partial charge in [0, 0.05) is 36.8 Å². The summed E-state index contributed by atoms with van der Waals surface area (Å²) in [6.07, 6.45) is 1.62. The predicted octanol–water partition coefficient (Wildman–Crippen LogP) is 4.38. The second-order valence-corrected chi connectivity index (χ2v) is 8.48. The molecular weight excluding hydrogens is 443 g/mol. The quantitative estimate of drug-likeness (QED) is 0.414. The van der Waals surface area contributed by atoms with Gasteiger partial charge in [0.1, 0.15) is 11.5 Å². The molecule has 4 rings (SSSR count). The van der Waals surface area contributed by atoms with Gasteiger partial charge >= 0.3 is 0 Å². The molecule has 1 saturated heterocycles. The lowest BCUT2D eigenvalue weighted by Crippen LogP contribution is -2.45. The van der Waals surface area contributed by atoms with E-state index in [-0.39, 0.29) is 0 Å². The van der Waals surface area contributed by atoms with Crippen LogP contribution in [0.2, 0.25) is 10.0 Å². The molecule has 2 aromatic heterocycles. The van der Waals surface area contributed by atoms with Crippen molar-refractivity contribution in [1.82, 2.24) is 24.3 Å². The molecule has 1 fully saturated rings. The third kappa shape index (κ3) is 4.68. The van der Waals surface area contributed by atoms with Gasteiger partial charge in [-0.3, -0.25) is 4.90 Å². The van der Waals surface area contributed by atoms with E-state index in [1.165, 1.54) is 0 Å². The largest absolute Gasteiger partial charge is 0.455 e. The topological polar surface area (TPSA) is 54.7 Å². The lowest BCUT2D eigenvalue weighted by atomic mass is 10.2. The van der Waals surface area contributed by atoms with Crippen LogP contribution in [0.5, 0.6) is 0 Å². The minimum Gasteiger partial charge on any atom is -0.455 e. The summed E-state index contributed by atoms with van der Waals surface area (Å²) in [5.41, 5.74) is 0.772. The highest BCUT2D eigenvalue weighted by Gasteiger charge is 2.16. The van der Waals surface area contributed by atoms with E-state index >= 15 is 0 Å². The number of nitrogens with zero attached hydrogens (tertiary/aromatic N) is 6. The van der Waals surface area contributed by atoms with E-state index in [1.807, 2.05) is 29.8 Å². The summed E-state index contributed by atoms with van der Waals surface area (Å²) in [7, 11) is 2.14. The zero-order chi connectivity index (χ0) is 21.3. The second kappa shape index (κ2) is 9.03. The molecule has 7 nitrogen and oxygen atoms in total. The van der Waals surface area contributed by atoms with Crippen LogP contribution < -0.4 is 0 Å². The molecule has 1 aliphatic rings. The van der Waals surface area contributed by atoms with Crippen LogP contribution in [-0.4, -0.2) is 63.7 Å². The van der Waals surface area contributed by atoms with Crippen molar-refractivity contribution in [1.29, 1.82) is 0 Å². The van der Waals surface area contributed by atoms with Crippen LogP contribution in [0.25, 0.3) is 11.3 Å². The molecule has 0 bridgehead atoms. The lowest BCUT2D eigenvalue weighted by Gasteiger charge is -2.31. The summed E-state index contributed by atoms with van der Waals surface area (Å²) in [6.45, 7) is 6.63. The van der Waals surface area contributed by atoms with Crippen LogP contribution >= 0.6 is 35.4 Å². The fraction of sp³-hybridized carbons (Fsp3) is 0.350. The van der Waals surface area contributed by atoms with Gasteiger partial charge in [0.15, 0.2) is 5.82 Å². The molecule has 0 spiro atoms. The number of likely N-dealkylation sites (N-methyl/N-ethyl adjacent to an activating group) is 1. The Hall–Kier alpha value is -1.97. The van der Waals surface area contributed by atoms with Gasteiger partial charge in [0.2, 0.25) is 4.77 Å². The molecule has 0 atom stereocenters. The van der Waals surface area contributed by atoms with Crippen LogP contribution in [0.3, 0.4) is 0 Å². The van der Waals surface area contributed by atoms with E-state index in [0.29, 0.717) is 33.0 Å². The van der Waals surface area contributed by atoms with Gasteiger partial charge in [-0.25, -0.2) is 4.68 Å². The summed E-state index contributed by atoms with van der Waals surface area (Å²) in [4.78, 5) is 4.66. The van der Waals surface area contributed by atoms with E-state index in [2.05, 4.69) is 27.0 Å². The Labute approximate surface area is 190 Å². The summed E-state index contributed by atoms with van der Waals surface area (Å²) >= 11 is 17.8. The molecule has 0 N–H and O–H groups in total. The zero-order valence-corrected chi connectivity index (χ0v) is 19.1. The summed E-state index contributed by atoms with van der Waals surface area (Å²) in [5, 5.41) is 10.1. The number of hydrogen-bond acceptors (Lipinski definition) is 6. The highest BCUT2D eigenvalue weighted by molar-refractivity contribution is 7.71. The first-order valence-electron chi connectivity index (χ1n) is 9.57. The molecule has 0 unspecified atom stereocenters. The molecule has 3 aromatic rings. The number of piperazine rings is 1. The van der Waals surface area contributed by atoms with Gasteiger partial charge in [0.05, 0.1) is 17.9 Å². The second-order valence-electron chi connectivity index (χ2n) is 7.27. The molecule has 1 aliphatic heterocycles. The summed E-state index contributed by atoms with van der Waals surface area (Å²) in [6, 6.07) is 8.96. The number of halogens is 2. The molecule has 0 saturated carbocycles. The van der Waals surface area contributed by atoms with E-state index < -0.39 is 0 Å². The van der Waals surface area contributed by atoms with Crippen LogP contribution in [0, 0.1) is 11.7 Å². The first-order chi connectivity index (χ1) is 14.4. The molecular formula is C20H22Cl2N6OS. The van der Waals surface area contributed by atoms with Gasteiger partial charge in [-0.15, -0.1) is 0 Å². The van der Waals surface area contributed by atoms with E-state index in [9.17, 15) is 0 Å². The molecule has 158 valence electrons. The Morgan fingerprint density at radius 1 is 1.17 bits per heavy atom. The van der Waals surface area contributed by atoms with Crippen molar-refractivity contribution >= 4 is 41.6 Å². The average molecular weight is 465 g/mol. The van der Waals surface area contributed by atoms with E-state index in [0.717, 1.165) is 37.6 Å². The average Bonchev–Trinajstić information content (AvgIpc) is 3.27. The summed E-state index contributed by atoms with van der Waals surface area (Å²) in [5.74, 6) is 1.95. The number of furan rings is 1. The number of benzene rings is 1. The highest BCUT2D eigenvalue weighted by Crippen LogP contribution is 2.31. The molecule has 0 amide bonds. The van der Waals surface area contributed by atoms with Crippen molar-refractivity contribution in [2.75, 3.05) is 33.2 Å². The lowest BCUT2D eigenvalue weighted by molar-refractivity contribution is 0.118. The number of aromatic nitrogens is 3. The van der Waals surface area contributed by atoms with Gasteiger partial charge in [0.25, 0.3) is 0 Å². The van der Waals surface area contributed by atoms with Crippen molar-refractivity contribution in [3.8, 4) is 11.3 Å². The third-order valence-corrected chi connectivity index (χ3v) is 5.96. The maximum Gasteiger partial charge on any atom is 0.220 e. The van der Waals surface area contributed by atoms with Crippen LogP contribution in [0.15, 0.2) is 39.9 Å². The smallest absolute Gasteiger partial charge is 0.220 e. The molecule has 0 radical (unpaired) electrons. The Balaban J connectivity index is 1.50. The van der Waals surface area contributed by atoms with Crippen LogP contribution in [-0.2, 0) is 6.67 Å². The Morgan fingerprint density at radius 2 is 1.93 bits per heavy atom. The first-order valence-corrected chi connectivity index (χ1v) is 10.7. The molecule has 1 aromatic carbocycles. The van der Waals surface area contributed by atoms with Crippen LogP contribution in [0.4, 0.5) is 0 Å². The fourth-order valence-electron chi connectivity index (χ4n) is 3.28. The Bertz CT molecular complexity index is 1130. The van der Waals surface area contributed by atoms with Gasteiger partial charge in [-0.1, -0.05) is 23.2 Å². The maximum atomic E-state index is 6.26. The van der Waals surface area contributed by atoms with Crippen molar-refractivity contribution < 1.29 is 4.42 Å². The SMILES string of the molecule is Cc1nn(CN2CCN(C)CC2)c(=S)n1/N=C/c1ccc(-c2ccc(Cl)cc2Cl)o1. The number of aryl methyl sites for hydroxylation is 1. The summed E-state index contributed by atoms with van der Waals surface area (Å²) < 4.78 is 9.87. The highest BCUT2D eigenvalue weighted by atomic mass is 35.5. The number of hydrogen-bond donors (Lipinski definition) is 0. The molecule has 0 aliphatic carbocycles. The van der Waals surface area contributed by atoms with Gasteiger partial charge < -0.3 is 9.32 Å². The minimum absolute atomic E-state index is 0.531. The fourth-order valence-corrected chi connectivity index (χ4v) is 4.06. The van der Waals surface area contributed by atoms with Crippen molar-refractivity contribution in [2.45, 2.75) is 13.6 Å². The monoisotopic (exact) mass is 464 g/mol. The van der Waals surface area contributed by atoms with Crippen LogP contribution in [0.1, 0.15) is 11.6 Å². The normalized spacial score (nSPS) is 16.0. The standard InChI is InChI=1S/C20H22Cl2N6OS/c1-14-24-27(13-26-9-7-25(2)8-10-26)20(30)28(14)23-12-16-4-6-19(29-16)17-5-3-15(21)11-18(17)22/h3-6,11-12H,7-10,13H2,1-2H3/b23-12+. The third-order valence-electron chi connectivity index (χ3n) is 5.03. The van der Waals surface area contributed by atoms with Crippen molar-refractivity contribution in [3.05, 3.63) is 56.7 Å². The van der Waals surface area contributed by atoms with Crippen molar-refractivity contribution in [2.24, 2.45) is 5.10 Å². The van der Waals surface area contributed by atoms with Gasteiger partial charge in [-0.2, -0.15) is 14.9 Å². The van der Waals surface area contributed by atoms with E-state index in [1.54, 1.807) is 23.0 Å². The molecule has 10 heteroatoms. The maximum absolute atomic E-state index is 6.26. The van der Waals surface area contributed by atoms with Crippen molar-refractivity contribution in [3.63, 3.8) is 0 Å². The minimum atomic E-state index is 0.531. The predicted molar refractivity (Wildman–Crippen MR) is 122 cm³/mol. The number of rotatable bonds is 5. The van der Waals surface area contributed by atoms with Gasteiger partial charge in [-0.05, 0) is 56.5 Å². The molecule has 3 heterocycles. The Morgan fingerprint density at radius 3 is 2.67 bits per heavy atom. The van der Waals surface area contributed by atoms with E-state index in [4.69, 9.17) is 39.8 Å². The zero-order valence-electron chi connectivity index (χ0n) is 16.8. The molecule has 30 heavy (non-hydrogen) atoms.